The maximum atomic E-state index is 4.66. The zero-order valence-corrected chi connectivity index (χ0v) is 14.6. The van der Waals surface area contributed by atoms with Crippen molar-refractivity contribution in [2.24, 2.45) is 4.99 Å². The Bertz CT molecular complexity index is 595. The van der Waals surface area contributed by atoms with Gasteiger partial charge in [-0.2, -0.15) is 16.9 Å². The molecule has 0 aliphatic carbocycles. The predicted molar refractivity (Wildman–Crippen MR) is 99.0 cm³/mol. The Morgan fingerprint density at radius 1 is 1.26 bits per heavy atom. The highest BCUT2D eigenvalue weighted by atomic mass is 32.2. The van der Waals surface area contributed by atoms with Crippen LogP contribution in [0.15, 0.2) is 47.7 Å². The third-order valence-electron chi connectivity index (χ3n) is 3.26. The monoisotopic (exact) mass is 331 g/mol. The van der Waals surface area contributed by atoms with Crippen LogP contribution in [0.3, 0.4) is 0 Å². The molecule has 0 saturated heterocycles. The van der Waals surface area contributed by atoms with Gasteiger partial charge in [0.15, 0.2) is 5.96 Å². The van der Waals surface area contributed by atoms with Crippen molar-refractivity contribution in [2.75, 3.05) is 25.1 Å². The molecule has 2 N–H and O–H groups in total. The Morgan fingerprint density at radius 2 is 2.13 bits per heavy atom. The second-order valence-electron chi connectivity index (χ2n) is 5.14. The fourth-order valence-corrected chi connectivity index (χ4v) is 2.50. The van der Waals surface area contributed by atoms with Crippen LogP contribution in [0.5, 0.6) is 0 Å². The highest BCUT2D eigenvalue weighted by molar-refractivity contribution is 7.98. The number of hydrogen-bond donors (Lipinski definition) is 2. The van der Waals surface area contributed by atoms with E-state index in [1.807, 2.05) is 28.7 Å². The van der Waals surface area contributed by atoms with Crippen LogP contribution in [0.2, 0.25) is 0 Å². The Kier molecular flexibility index (Phi) is 7.52. The van der Waals surface area contributed by atoms with Crippen LogP contribution in [0.25, 0.3) is 0 Å². The first kappa shape index (κ1) is 17.4. The van der Waals surface area contributed by atoms with Gasteiger partial charge in [-0.05, 0) is 30.4 Å². The Hall–Kier alpha value is -1.95. The first-order chi connectivity index (χ1) is 11.3. The Balaban J connectivity index is 1.95. The summed E-state index contributed by atoms with van der Waals surface area (Å²) in [5, 5.41) is 10.9. The summed E-state index contributed by atoms with van der Waals surface area (Å²) in [5.74, 6) is 1.95. The second kappa shape index (κ2) is 9.94. The molecule has 124 valence electrons. The van der Waals surface area contributed by atoms with Crippen molar-refractivity contribution in [3.05, 3.63) is 53.9 Å². The summed E-state index contributed by atoms with van der Waals surface area (Å²) in [6.45, 7) is 5.32. The molecule has 0 radical (unpaired) electrons. The van der Waals surface area contributed by atoms with Gasteiger partial charge in [0.25, 0.3) is 0 Å². The summed E-state index contributed by atoms with van der Waals surface area (Å²) >= 11 is 1.83. The van der Waals surface area contributed by atoms with Crippen molar-refractivity contribution in [3.8, 4) is 0 Å². The highest BCUT2D eigenvalue weighted by Crippen LogP contribution is 2.08. The molecule has 0 bridgehead atoms. The van der Waals surface area contributed by atoms with Gasteiger partial charge in [-0.15, -0.1) is 0 Å². The van der Waals surface area contributed by atoms with Gasteiger partial charge in [0.05, 0.1) is 13.1 Å². The van der Waals surface area contributed by atoms with Gasteiger partial charge in [0.1, 0.15) is 0 Å². The number of nitrogens with zero attached hydrogens (tertiary/aromatic N) is 3. The third kappa shape index (κ3) is 6.36. The molecule has 0 amide bonds. The van der Waals surface area contributed by atoms with Gasteiger partial charge in [0, 0.05) is 31.2 Å². The molecule has 6 heteroatoms. The summed E-state index contributed by atoms with van der Waals surface area (Å²) in [6, 6.07) is 10.4. The van der Waals surface area contributed by atoms with Gasteiger partial charge in [-0.25, -0.2) is 4.99 Å². The molecule has 0 unspecified atom stereocenters. The lowest BCUT2D eigenvalue weighted by atomic mass is 10.1. The number of rotatable bonds is 8. The van der Waals surface area contributed by atoms with Gasteiger partial charge >= 0.3 is 0 Å². The number of aromatic nitrogens is 2. The van der Waals surface area contributed by atoms with Gasteiger partial charge < -0.3 is 10.6 Å². The van der Waals surface area contributed by atoms with E-state index in [-0.39, 0.29) is 0 Å². The van der Waals surface area contributed by atoms with E-state index in [4.69, 9.17) is 0 Å². The molecule has 0 aliphatic heterocycles. The number of hydrogen-bond acceptors (Lipinski definition) is 3. The molecule has 0 fully saturated rings. The number of nitrogens with one attached hydrogen (secondary N) is 2. The first-order valence-corrected chi connectivity index (χ1v) is 9.27. The average Bonchev–Trinajstić information content (AvgIpc) is 3.06. The van der Waals surface area contributed by atoms with Crippen molar-refractivity contribution in [3.63, 3.8) is 0 Å². The van der Waals surface area contributed by atoms with E-state index in [0.29, 0.717) is 6.54 Å². The van der Waals surface area contributed by atoms with E-state index in [9.17, 15) is 0 Å². The minimum atomic E-state index is 0.668. The Morgan fingerprint density at radius 3 is 2.87 bits per heavy atom. The topological polar surface area (TPSA) is 54.2 Å². The first-order valence-electron chi connectivity index (χ1n) is 7.88. The van der Waals surface area contributed by atoms with E-state index in [2.05, 4.69) is 58.2 Å². The molecule has 1 aromatic heterocycles. The van der Waals surface area contributed by atoms with Crippen LogP contribution in [0, 0.1) is 0 Å². The Labute approximate surface area is 142 Å². The summed E-state index contributed by atoms with van der Waals surface area (Å²) in [7, 11) is 0. The molecule has 0 saturated carbocycles. The van der Waals surface area contributed by atoms with Gasteiger partial charge in [-0.1, -0.05) is 24.3 Å². The van der Waals surface area contributed by atoms with Crippen LogP contribution >= 0.6 is 11.8 Å². The van der Waals surface area contributed by atoms with Crippen LogP contribution in [-0.4, -0.2) is 40.8 Å². The smallest absolute Gasteiger partial charge is 0.191 e. The maximum absolute atomic E-state index is 4.66. The van der Waals surface area contributed by atoms with Crippen LogP contribution < -0.4 is 10.6 Å². The third-order valence-corrected chi connectivity index (χ3v) is 3.87. The molecule has 23 heavy (non-hydrogen) atoms. The summed E-state index contributed by atoms with van der Waals surface area (Å²) in [6.07, 6.45) is 5.89. The second-order valence-corrected chi connectivity index (χ2v) is 6.12. The van der Waals surface area contributed by atoms with E-state index in [1.54, 1.807) is 6.20 Å². The predicted octanol–water partition coefficient (Wildman–Crippen LogP) is 2.35. The van der Waals surface area contributed by atoms with E-state index >= 15 is 0 Å². The van der Waals surface area contributed by atoms with Crippen LogP contribution in [0.1, 0.15) is 18.1 Å². The molecule has 2 aromatic rings. The quantitative estimate of drug-likeness (QED) is 0.443. The maximum Gasteiger partial charge on any atom is 0.191 e. The van der Waals surface area contributed by atoms with Crippen molar-refractivity contribution in [1.82, 2.24) is 20.4 Å². The molecule has 2 rings (SSSR count). The number of guanidine groups is 1. The number of thioether (sulfide) groups is 1. The van der Waals surface area contributed by atoms with Crippen molar-refractivity contribution in [2.45, 2.75) is 20.0 Å². The lowest BCUT2D eigenvalue weighted by molar-refractivity contribution is 0.686. The lowest BCUT2D eigenvalue weighted by Crippen LogP contribution is -2.38. The van der Waals surface area contributed by atoms with Crippen LogP contribution in [-0.2, 0) is 13.1 Å². The molecule has 0 atom stereocenters. The zero-order valence-electron chi connectivity index (χ0n) is 13.8. The summed E-state index contributed by atoms with van der Waals surface area (Å²) in [4.78, 5) is 4.66. The van der Waals surface area contributed by atoms with Gasteiger partial charge in [0.2, 0.25) is 0 Å². The SMILES string of the molecule is CCNC(=NCc1cccc(Cn2cccn2)c1)NCCSC. The molecule has 1 aromatic carbocycles. The molecular formula is C17H25N5S. The largest absolute Gasteiger partial charge is 0.357 e. The molecule has 5 nitrogen and oxygen atoms in total. The number of benzene rings is 1. The van der Waals surface area contributed by atoms with E-state index < -0.39 is 0 Å². The van der Waals surface area contributed by atoms with Gasteiger partial charge in [-0.3, -0.25) is 4.68 Å². The highest BCUT2D eigenvalue weighted by Gasteiger charge is 2.00. The minimum Gasteiger partial charge on any atom is -0.357 e. The standard InChI is InChI=1S/C17H25N5S/c1-3-18-17(19-9-11-23-2)20-13-15-6-4-7-16(12-15)14-22-10-5-8-21-22/h4-8,10,12H,3,9,11,13-14H2,1-2H3,(H2,18,19,20). The van der Waals surface area contributed by atoms with E-state index in [1.165, 1.54) is 11.1 Å². The normalized spacial score (nSPS) is 11.5. The van der Waals surface area contributed by atoms with Crippen molar-refractivity contribution < 1.29 is 0 Å². The van der Waals surface area contributed by atoms with Crippen molar-refractivity contribution >= 4 is 17.7 Å². The fourth-order valence-electron chi connectivity index (χ4n) is 2.19. The number of aliphatic imine (C=N–C) groups is 1. The average molecular weight is 331 g/mol. The van der Waals surface area contributed by atoms with E-state index in [0.717, 1.165) is 31.3 Å². The zero-order chi connectivity index (χ0) is 16.3. The van der Waals surface area contributed by atoms with Crippen LogP contribution in [0.4, 0.5) is 0 Å². The molecule has 1 heterocycles. The summed E-state index contributed by atoms with van der Waals surface area (Å²) < 4.78 is 1.93. The molecule has 0 aliphatic rings. The fraction of sp³-hybridized carbons (Fsp3) is 0.412. The molecular weight excluding hydrogens is 306 g/mol. The summed E-state index contributed by atoms with van der Waals surface area (Å²) in [5.41, 5.74) is 2.44. The minimum absolute atomic E-state index is 0.668. The lowest BCUT2D eigenvalue weighted by Gasteiger charge is -2.11. The van der Waals surface area contributed by atoms with Crippen molar-refractivity contribution in [1.29, 1.82) is 0 Å². The molecule has 0 spiro atoms.